The van der Waals surface area contributed by atoms with E-state index in [2.05, 4.69) is 28.2 Å². The number of nitrogens with zero attached hydrogens (tertiary/aromatic N) is 1. The average molecular weight is 385 g/mol. The van der Waals surface area contributed by atoms with Crippen molar-refractivity contribution in [2.75, 3.05) is 32.8 Å². The fraction of sp³-hybridized carbons (Fsp3) is 0.588. The molecule has 1 aliphatic heterocycles. The molecule has 5 nitrogen and oxygen atoms in total. The molecule has 0 radical (unpaired) electrons. The lowest BCUT2D eigenvalue weighted by Gasteiger charge is -2.34. The van der Waals surface area contributed by atoms with Crippen molar-refractivity contribution in [3.8, 4) is 11.5 Å². The quantitative estimate of drug-likeness (QED) is 0.818. The van der Waals surface area contributed by atoms with E-state index in [1.165, 1.54) is 0 Å². The summed E-state index contributed by atoms with van der Waals surface area (Å²) in [7, 11) is 0. The van der Waals surface area contributed by atoms with Crippen LogP contribution in [0, 0.1) is 0 Å². The lowest BCUT2D eigenvalue weighted by atomic mass is 10.1. The van der Waals surface area contributed by atoms with E-state index in [0.29, 0.717) is 31.1 Å². The van der Waals surface area contributed by atoms with Gasteiger partial charge >= 0.3 is 0 Å². The lowest BCUT2D eigenvalue weighted by molar-refractivity contribution is -0.133. The minimum atomic E-state index is 0.145. The van der Waals surface area contributed by atoms with Gasteiger partial charge in [-0.05, 0) is 38.5 Å². The predicted octanol–water partition coefficient (Wildman–Crippen LogP) is 2.61. The molecule has 1 heterocycles. The van der Waals surface area contributed by atoms with Gasteiger partial charge < -0.3 is 19.7 Å². The van der Waals surface area contributed by atoms with E-state index in [4.69, 9.17) is 9.47 Å². The van der Waals surface area contributed by atoms with E-state index in [1.807, 2.05) is 30.9 Å². The van der Waals surface area contributed by atoms with Gasteiger partial charge in [0.2, 0.25) is 5.91 Å². The van der Waals surface area contributed by atoms with E-state index in [9.17, 15) is 4.79 Å². The Morgan fingerprint density at radius 3 is 2.57 bits per heavy atom. The second kappa shape index (κ2) is 8.55. The van der Waals surface area contributed by atoms with Crippen molar-refractivity contribution in [1.29, 1.82) is 0 Å². The van der Waals surface area contributed by atoms with Gasteiger partial charge in [0, 0.05) is 30.1 Å². The Bertz CT molecular complexity index is 551. The number of rotatable bonds is 6. The summed E-state index contributed by atoms with van der Waals surface area (Å²) in [6.45, 7) is 9.53. The van der Waals surface area contributed by atoms with Gasteiger partial charge in [0.1, 0.15) is 0 Å². The van der Waals surface area contributed by atoms with E-state index in [0.717, 1.165) is 29.7 Å². The highest BCUT2D eigenvalue weighted by Crippen LogP contribution is 2.34. The second-order valence-corrected chi connectivity index (χ2v) is 6.43. The number of carbonyl (C=O) groups excluding carboxylic acids is 1. The number of hydrogen-bond donors (Lipinski definition) is 1. The number of halogens is 1. The maximum atomic E-state index is 12.6. The van der Waals surface area contributed by atoms with Crippen molar-refractivity contribution in [2.45, 2.75) is 33.2 Å². The Balaban J connectivity index is 2.18. The van der Waals surface area contributed by atoms with Crippen LogP contribution in [0.1, 0.15) is 26.3 Å². The van der Waals surface area contributed by atoms with Crippen LogP contribution >= 0.6 is 15.9 Å². The molecule has 0 aliphatic carbocycles. The van der Waals surface area contributed by atoms with E-state index in [-0.39, 0.29) is 11.9 Å². The summed E-state index contributed by atoms with van der Waals surface area (Å²) in [5, 5.41) is 3.30. The Labute approximate surface area is 146 Å². The van der Waals surface area contributed by atoms with Crippen LogP contribution in [0.15, 0.2) is 16.6 Å². The first-order chi connectivity index (χ1) is 11.1. The van der Waals surface area contributed by atoms with Gasteiger partial charge in [-0.15, -0.1) is 0 Å². The molecule has 1 N–H and O–H groups in total. The normalized spacial score (nSPS) is 17.9. The molecule has 1 aliphatic rings. The van der Waals surface area contributed by atoms with Crippen molar-refractivity contribution in [3.63, 3.8) is 0 Å². The molecule has 0 unspecified atom stereocenters. The van der Waals surface area contributed by atoms with Crippen molar-refractivity contribution in [1.82, 2.24) is 10.2 Å². The Morgan fingerprint density at radius 2 is 1.96 bits per heavy atom. The number of nitrogens with one attached hydrogen (secondary N) is 1. The third kappa shape index (κ3) is 4.61. The SMILES string of the molecule is CCOc1cc(Br)c(CC(=O)N2CCNC[C@H]2C)cc1OCC. The van der Waals surface area contributed by atoms with Crippen molar-refractivity contribution >= 4 is 21.8 Å². The molecule has 1 aromatic rings. The minimum absolute atomic E-state index is 0.145. The molecule has 1 saturated heterocycles. The van der Waals surface area contributed by atoms with Crippen LogP contribution in [-0.4, -0.2) is 49.7 Å². The molecule has 0 bridgehead atoms. The first-order valence-corrected chi connectivity index (χ1v) is 8.94. The molecule has 0 spiro atoms. The summed E-state index contributed by atoms with van der Waals surface area (Å²) in [4.78, 5) is 14.6. The number of piperazine rings is 1. The van der Waals surface area contributed by atoms with Gasteiger partial charge in [0.05, 0.1) is 19.6 Å². The maximum absolute atomic E-state index is 12.6. The molecule has 1 aromatic carbocycles. The molecular formula is C17H25BrN2O3. The van der Waals surface area contributed by atoms with Crippen LogP contribution in [0.25, 0.3) is 0 Å². The number of amides is 1. The lowest BCUT2D eigenvalue weighted by Crippen LogP contribution is -2.52. The van der Waals surface area contributed by atoms with Crippen molar-refractivity contribution in [2.24, 2.45) is 0 Å². The molecule has 1 amide bonds. The van der Waals surface area contributed by atoms with Gasteiger partial charge in [-0.1, -0.05) is 15.9 Å². The number of ether oxygens (including phenoxy) is 2. The highest BCUT2D eigenvalue weighted by molar-refractivity contribution is 9.10. The first-order valence-electron chi connectivity index (χ1n) is 8.15. The fourth-order valence-electron chi connectivity index (χ4n) is 2.73. The topological polar surface area (TPSA) is 50.8 Å². The van der Waals surface area contributed by atoms with E-state index in [1.54, 1.807) is 0 Å². The Morgan fingerprint density at radius 1 is 1.30 bits per heavy atom. The third-order valence-electron chi connectivity index (χ3n) is 3.88. The highest BCUT2D eigenvalue weighted by atomic mass is 79.9. The van der Waals surface area contributed by atoms with Crippen LogP contribution in [0.3, 0.4) is 0 Å². The Hall–Kier alpha value is -1.27. The fourth-order valence-corrected chi connectivity index (χ4v) is 3.19. The van der Waals surface area contributed by atoms with Crippen LogP contribution in [0.5, 0.6) is 11.5 Å². The molecule has 1 atom stereocenters. The molecule has 0 aromatic heterocycles. The number of carbonyl (C=O) groups is 1. The number of hydrogen-bond acceptors (Lipinski definition) is 4. The summed E-state index contributed by atoms with van der Waals surface area (Å²) in [6.07, 6.45) is 0.359. The smallest absolute Gasteiger partial charge is 0.227 e. The van der Waals surface area contributed by atoms with Crippen molar-refractivity contribution < 1.29 is 14.3 Å². The zero-order valence-electron chi connectivity index (χ0n) is 14.0. The van der Waals surface area contributed by atoms with E-state index >= 15 is 0 Å². The molecule has 23 heavy (non-hydrogen) atoms. The first kappa shape index (κ1) is 18.1. The van der Waals surface area contributed by atoms with Gasteiger partial charge in [-0.2, -0.15) is 0 Å². The van der Waals surface area contributed by atoms with Crippen LogP contribution in [0.4, 0.5) is 0 Å². The zero-order valence-corrected chi connectivity index (χ0v) is 15.6. The molecule has 0 saturated carbocycles. The standard InChI is InChI=1S/C17H25BrN2O3/c1-4-22-15-8-13(14(18)10-16(15)23-5-2)9-17(21)20-7-6-19-11-12(20)3/h8,10,12,19H,4-7,9,11H2,1-3H3/t12-/m1/s1. The summed E-state index contributed by atoms with van der Waals surface area (Å²) in [5.41, 5.74) is 0.924. The van der Waals surface area contributed by atoms with E-state index < -0.39 is 0 Å². The molecular weight excluding hydrogens is 360 g/mol. The van der Waals surface area contributed by atoms with Gasteiger partial charge in [-0.25, -0.2) is 0 Å². The molecule has 1 fully saturated rings. The van der Waals surface area contributed by atoms with Crippen LogP contribution in [-0.2, 0) is 11.2 Å². The molecule has 6 heteroatoms. The third-order valence-corrected chi connectivity index (χ3v) is 4.61. The minimum Gasteiger partial charge on any atom is -0.490 e. The maximum Gasteiger partial charge on any atom is 0.227 e. The molecule has 128 valence electrons. The number of benzene rings is 1. The summed E-state index contributed by atoms with van der Waals surface area (Å²) in [6, 6.07) is 4.02. The molecule has 2 rings (SSSR count). The average Bonchev–Trinajstić information content (AvgIpc) is 2.52. The Kier molecular flexibility index (Phi) is 6.72. The summed E-state index contributed by atoms with van der Waals surface area (Å²) < 4.78 is 12.1. The van der Waals surface area contributed by atoms with Gasteiger partial charge in [0.25, 0.3) is 0 Å². The summed E-state index contributed by atoms with van der Waals surface area (Å²) in [5.74, 6) is 1.54. The van der Waals surface area contributed by atoms with Gasteiger partial charge in [-0.3, -0.25) is 4.79 Å². The van der Waals surface area contributed by atoms with Crippen LogP contribution in [0.2, 0.25) is 0 Å². The van der Waals surface area contributed by atoms with Crippen LogP contribution < -0.4 is 14.8 Å². The summed E-state index contributed by atoms with van der Waals surface area (Å²) >= 11 is 3.55. The highest BCUT2D eigenvalue weighted by Gasteiger charge is 2.24. The second-order valence-electron chi connectivity index (χ2n) is 5.57. The largest absolute Gasteiger partial charge is 0.490 e. The van der Waals surface area contributed by atoms with Gasteiger partial charge in [0.15, 0.2) is 11.5 Å². The zero-order chi connectivity index (χ0) is 16.8. The predicted molar refractivity (Wildman–Crippen MR) is 94.2 cm³/mol. The monoisotopic (exact) mass is 384 g/mol. The van der Waals surface area contributed by atoms with Crippen molar-refractivity contribution in [3.05, 3.63) is 22.2 Å².